The van der Waals surface area contributed by atoms with E-state index in [4.69, 9.17) is 4.74 Å². The predicted octanol–water partition coefficient (Wildman–Crippen LogP) is 2.76. The van der Waals surface area contributed by atoms with Gasteiger partial charge in [-0.15, -0.1) is 0 Å². The van der Waals surface area contributed by atoms with E-state index in [9.17, 15) is 9.90 Å². The van der Waals surface area contributed by atoms with E-state index in [1.807, 2.05) is 11.1 Å². The molecule has 7 nitrogen and oxygen atoms in total. The zero-order chi connectivity index (χ0) is 20.5. The molecule has 2 amide bonds. The number of aromatic nitrogens is 2. The SMILES string of the molecule is O=C(N[C@@H]1CCCCO1)N1CCC([C@@H](O)Cc2ncc3n2Cc2ccccc2-3)CC1. The Morgan fingerprint density at radius 2 is 2.07 bits per heavy atom. The second-order valence-corrected chi connectivity index (χ2v) is 8.70. The van der Waals surface area contributed by atoms with Gasteiger partial charge in [-0.3, -0.25) is 0 Å². The zero-order valence-electron chi connectivity index (χ0n) is 17.3. The molecule has 0 bridgehead atoms. The molecule has 2 fully saturated rings. The molecule has 30 heavy (non-hydrogen) atoms. The quantitative estimate of drug-likeness (QED) is 0.693. The fraction of sp³-hybridized carbons (Fsp3) is 0.565. The van der Waals surface area contributed by atoms with Crippen molar-refractivity contribution in [3.63, 3.8) is 0 Å². The summed E-state index contributed by atoms with van der Waals surface area (Å²) in [6, 6.07) is 8.37. The maximum Gasteiger partial charge on any atom is 0.319 e. The van der Waals surface area contributed by atoms with Gasteiger partial charge in [0.1, 0.15) is 12.1 Å². The van der Waals surface area contributed by atoms with Crippen LogP contribution in [0.3, 0.4) is 0 Å². The Labute approximate surface area is 177 Å². The fourth-order valence-electron chi connectivity index (χ4n) is 4.97. The molecule has 5 rings (SSSR count). The molecule has 1 aromatic carbocycles. The van der Waals surface area contributed by atoms with E-state index >= 15 is 0 Å². The van der Waals surface area contributed by atoms with E-state index in [-0.39, 0.29) is 18.2 Å². The number of carbonyl (C=O) groups is 1. The largest absolute Gasteiger partial charge is 0.392 e. The number of rotatable bonds is 4. The molecular weight excluding hydrogens is 380 g/mol. The van der Waals surface area contributed by atoms with Crippen LogP contribution in [0.15, 0.2) is 30.5 Å². The van der Waals surface area contributed by atoms with Crippen LogP contribution in [0.2, 0.25) is 0 Å². The lowest BCUT2D eigenvalue weighted by Gasteiger charge is -2.35. The third-order valence-corrected chi connectivity index (χ3v) is 6.79. The number of nitrogens with zero attached hydrogens (tertiary/aromatic N) is 3. The van der Waals surface area contributed by atoms with Crippen LogP contribution in [0.4, 0.5) is 4.79 Å². The van der Waals surface area contributed by atoms with Gasteiger partial charge in [0.25, 0.3) is 0 Å². The molecular formula is C23H30N4O3. The third-order valence-electron chi connectivity index (χ3n) is 6.79. The van der Waals surface area contributed by atoms with Crippen molar-refractivity contribution in [2.45, 2.75) is 57.4 Å². The third kappa shape index (κ3) is 3.84. The van der Waals surface area contributed by atoms with Crippen LogP contribution < -0.4 is 5.32 Å². The highest BCUT2D eigenvalue weighted by Crippen LogP contribution is 2.33. The van der Waals surface area contributed by atoms with E-state index in [1.54, 1.807) is 0 Å². The van der Waals surface area contributed by atoms with Crippen molar-refractivity contribution in [3.05, 3.63) is 41.9 Å². The Kier molecular flexibility index (Phi) is 5.48. The van der Waals surface area contributed by atoms with E-state index < -0.39 is 6.10 Å². The Morgan fingerprint density at radius 3 is 2.87 bits per heavy atom. The van der Waals surface area contributed by atoms with Crippen molar-refractivity contribution < 1.29 is 14.6 Å². The van der Waals surface area contributed by atoms with Gasteiger partial charge in [-0.05, 0) is 43.6 Å². The number of likely N-dealkylation sites (tertiary alicyclic amines) is 1. The Balaban J connectivity index is 1.14. The van der Waals surface area contributed by atoms with E-state index in [0.717, 1.165) is 56.8 Å². The van der Waals surface area contributed by atoms with Crippen molar-refractivity contribution in [2.75, 3.05) is 19.7 Å². The number of benzene rings is 1. The van der Waals surface area contributed by atoms with Crippen molar-refractivity contribution in [1.29, 1.82) is 0 Å². The van der Waals surface area contributed by atoms with Gasteiger partial charge >= 0.3 is 6.03 Å². The first kappa shape index (κ1) is 19.6. The molecule has 4 heterocycles. The molecule has 0 saturated carbocycles. The van der Waals surface area contributed by atoms with Crippen LogP contribution in [-0.2, 0) is 17.7 Å². The summed E-state index contributed by atoms with van der Waals surface area (Å²) in [5.41, 5.74) is 3.70. The number of aliphatic hydroxyl groups is 1. The summed E-state index contributed by atoms with van der Waals surface area (Å²) in [4.78, 5) is 18.9. The molecule has 3 aliphatic heterocycles. The molecule has 3 aliphatic rings. The number of hydrogen-bond donors (Lipinski definition) is 2. The van der Waals surface area contributed by atoms with Gasteiger partial charge in [0.15, 0.2) is 0 Å². The first-order chi connectivity index (χ1) is 14.7. The second kappa shape index (κ2) is 8.40. The van der Waals surface area contributed by atoms with E-state index in [0.29, 0.717) is 19.5 Å². The smallest absolute Gasteiger partial charge is 0.319 e. The van der Waals surface area contributed by atoms with E-state index in [1.165, 1.54) is 11.1 Å². The first-order valence-corrected chi connectivity index (χ1v) is 11.2. The molecule has 1 aromatic heterocycles. The molecule has 0 spiro atoms. The van der Waals surface area contributed by atoms with Crippen molar-refractivity contribution in [2.24, 2.45) is 5.92 Å². The van der Waals surface area contributed by atoms with E-state index in [2.05, 4.69) is 39.1 Å². The maximum absolute atomic E-state index is 12.5. The standard InChI is InChI=1S/C23H30N4O3/c28-20(13-21-24-14-19-18-6-2-1-5-17(18)15-27(19)21)16-8-10-26(11-9-16)23(29)25-22-7-3-4-12-30-22/h1-2,5-6,14,16,20,22,28H,3-4,7-13,15H2,(H,25,29)/t20-,22-/m0/s1. The first-order valence-electron chi connectivity index (χ1n) is 11.2. The van der Waals surface area contributed by atoms with Crippen LogP contribution in [0, 0.1) is 5.92 Å². The number of piperidine rings is 1. The van der Waals surface area contributed by atoms with Crippen LogP contribution in [0.1, 0.15) is 43.5 Å². The molecule has 0 aliphatic carbocycles. The second-order valence-electron chi connectivity index (χ2n) is 8.70. The molecule has 0 radical (unpaired) electrons. The number of ether oxygens (including phenoxy) is 1. The minimum Gasteiger partial charge on any atom is -0.392 e. The van der Waals surface area contributed by atoms with Crippen LogP contribution in [0.5, 0.6) is 0 Å². The lowest BCUT2D eigenvalue weighted by Crippen LogP contribution is -2.50. The van der Waals surface area contributed by atoms with Crippen molar-refractivity contribution in [3.8, 4) is 11.3 Å². The normalized spacial score (nSPS) is 22.4. The van der Waals surface area contributed by atoms with Gasteiger partial charge in [-0.1, -0.05) is 24.3 Å². The average molecular weight is 411 g/mol. The average Bonchev–Trinajstić information content (AvgIpc) is 3.34. The minimum atomic E-state index is -0.438. The number of imidazole rings is 1. The Morgan fingerprint density at radius 1 is 1.23 bits per heavy atom. The number of carbonyl (C=O) groups excluding carboxylic acids is 1. The van der Waals surface area contributed by atoms with Gasteiger partial charge in [0.05, 0.1) is 24.5 Å². The molecule has 160 valence electrons. The summed E-state index contributed by atoms with van der Waals surface area (Å²) in [5.74, 6) is 1.14. The topological polar surface area (TPSA) is 79.6 Å². The van der Waals surface area contributed by atoms with Crippen LogP contribution in [0.25, 0.3) is 11.3 Å². The number of amides is 2. The highest BCUT2D eigenvalue weighted by Gasteiger charge is 2.30. The van der Waals surface area contributed by atoms with Gasteiger partial charge in [0.2, 0.25) is 0 Å². The number of aliphatic hydroxyl groups excluding tert-OH is 1. The summed E-state index contributed by atoms with van der Waals surface area (Å²) in [6.45, 7) is 2.90. The van der Waals surface area contributed by atoms with Crippen LogP contribution in [-0.4, -0.2) is 57.6 Å². The fourth-order valence-corrected chi connectivity index (χ4v) is 4.97. The molecule has 0 unspecified atom stereocenters. The predicted molar refractivity (Wildman–Crippen MR) is 113 cm³/mol. The lowest BCUT2D eigenvalue weighted by molar-refractivity contribution is -0.00270. The number of urea groups is 1. The molecule has 2 aromatic rings. The molecule has 2 saturated heterocycles. The summed E-state index contributed by atoms with van der Waals surface area (Å²) >= 11 is 0. The highest BCUT2D eigenvalue weighted by atomic mass is 16.5. The van der Waals surface area contributed by atoms with Gasteiger partial charge in [-0.25, -0.2) is 9.78 Å². The number of nitrogens with one attached hydrogen (secondary N) is 1. The van der Waals surface area contributed by atoms with Gasteiger partial charge in [-0.2, -0.15) is 0 Å². The van der Waals surface area contributed by atoms with Crippen molar-refractivity contribution in [1.82, 2.24) is 19.8 Å². The Hall–Kier alpha value is -2.38. The maximum atomic E-state index is 12.5. The molecule has 2 N–H and O–H groups in total. The summed E-state index contributed by atoms with van der Waals surface area (Å²) in [7, 11) is 0. The minimum absolute atomic E-state index is 0.0429. The number of fused-ring (bicyclic) bond motifs is 3. The van der Waals surface area contributed by atoms with Crippen LogP contribution >= 0.6 is 0 Å². The van der Waals surface area contributed by atoms with Gasteiger partial charge in [0, 0.05) is 31.7 Å². The molecule has 2 atom stereocenters. The molecule has 7 heteroatoms. The monoisotopic (exact) mass is 410 g/mol. The van der Waals surface area contributed by atoms with Gasteiger partial charge < -0.3 is 24.6 Å². The lowest BCUT2D eigenvalue weighted by atomic mass is 9.89. The summed E-state index contributed by atoms with van der Waals surface area (Å²) in [5, 5.41) is 13.9. The summed E-state index contributed by atoms with van der Waals surface area (Å²) < 4.78 is 7.83. The Bertz CT molecular complexity index is 898. The summed E-state index contributed by atoms with van der Waals surface area (Å²) in [6.07, 6.45) is 6.58. The number of hydrogen-bond acceptors (Lipinski definition) is 4. The zero-order valence-corrected chi connectivity index (χ0v) is 17.3. The van der Waals surface area contributed by atoms with Crippen molar-refractivity contribution >= 4 is 6.03 Å². The highest BCUT2D eigenvalue weighted by molar-refractivity contribution is 5.74.